The highest BCUT2D eigenvalue weighted by molar-refractivity contribution is 5.76. The van der Waals surface area contributed by atoms with Crippen molar-refractivity contribution in [2.75, 3.05) is 0 Å². The number of rotatable bonds is 4. The second kappa shape index (κ2) is 7.74. The minimum atomic E-state index is 0.180. The van der Waals surface area contributed by atoms with Crippen molar-refractivity contribution >= 4 is 0 Å². The molecule has 4 aromatic rings. The number of fused-ring (bicyclic) bond motifs is 1. The molecule has 160 valence electrons. The van der Waals surface area contributed by atoms with Crippen LogP contribution in [0.5, 0.6) is 0 Å². The Kier molecular flexibility index (Phi) is 5.01. The quantitative estimate of drug-likeness (QED) is 0.325. The molecule has 1 aliphatic carbocycles. The van der Waals surface area contributed by atoms with Gasteiger partial charge in [0.05, 0.1) is 5.69 Å². The summed E-state index contributed by atoms with van der Waals surface area (Å²) in [4.78, 5) is 4.93. The van der Waals surface area contributed by atoms with E-state index in [1.165, 1.54) is 45.4 Å². The second-order valence-corrected chi connectivity index (χ2v) is 10.1. The van der Waals surface area contributed by atoms with Gasteiger partial charge in [0.2, 0.25) is 0 Å². The van der Waals surface area contributed by atoms with Crippen molar-refractivity contribution in [2.45, 2.75) is 51.4 Å². The van der Waals surface area contributed by atoms with Crippen LogP contribution < -0.4 is 0 Å². The first kappa shape index (κ1) is 20.7. The largest absolute Gasteiger partial charge is 0.256 e. The van der Waals surface area contributed by atoms with Gasteiger partial charge in [-0.2, -0.15) is 0 Å². The van der Waals surface area contributed by atoms with Crippen LogP contribution in [0.1, 0.15) is 51.7 Å². The SMILES string of the molecule is CCC1(C)CC(C)(C)c2cc(-c3cccc(-c4cccc(-c5ccccc5)c4)c3)ncc21. The summed E-state index contributed by atoms with van der Waals surface area (Å²) in [5.74, 6) is 0. The molecule has 0 amide bonds. The van der Waals surface area contributed by atoms with Gasteiger partial charge in [0.15, 0.2) is 0 Å². The van der Waals surface area contributed by atoms with E-state index in [0.29, 0.717) is 0 Å². The fraction of sp³-hybridized carbons (Fsp3) is 0.258. The van der Waals surface area contributed by atoms with E-state index in [1.807, 2.05) is 0 Å². The van der Waals surface area contributed by atoms with Gasteiger partial charge in [-0.15, -0.1) is 0 Å². The Balaban J connectivity index is 1.54. The fourth-order valence-electron chi connectivity index (χ4n) is 5.50. The molecule has 0 saturated heterocycles. The minimum absolute atomic E-state index is 0.180. The van der Waals surface area contributed by atoms with E-state index in [9.17, 15) is 0 Å². The molecule has 0 spiro atoms. The van der Waals surface area contributed by atoms with Crippen LogP contribution in [0.25, 0.3) is 33.5 Å². The zero-order chi connectivity index (χ0) is 22.3. The van der Waals surface area contributed by atoms with Gasteiger partial charge >= 0.3 is 0 Å². The molecule has 0 fully saturated rings. The standard InChI is InChI=1S/C31H31N/c1-5-31(4)21-30(2,3)27-19-29(32-20-28(27)31)26-16-10-15-25(18-26)24-14-9-13-23(17-24)22-11-7-6-8-12-22/h6-20H,5,21H2,1-4H3. The van der Waals surface area contributed by atoms with Crippen molar-refractivity contribution in [3.8, 4) is 33.5 Å². The van der Waals surface area contributed by atoms with Gasteiger partial charge in [0, 0.05) is 11.8 Å². The zero-order valence-corrected chi connectivity index (χ0v) is 19.5. The zero-order valence-electron chi connectivity index (χ0n) is 19.5. The summed E-state index contributed by atoms with van der Waals surface area (Å²) in [6.07, 6.45) is 4.48. The lowest BCUT2D eigenvalue weighted by atomic mass is 9.78. The van der Waals surface area contributed by atoms with Crippen molar-refractivity contribution in [2.24, 2.45) is 0 Å². The molecule has 0 radical (unpaired) electrons. The van der Waals surface area contributed by atoms with Crippen molar-refractivity contribution in [1.82, 2.24) is 4.98 Å². The van der Waals surface area contributed by atoms with Crippen LogP contribution in [0, 0.1) is 0 Å². The molecule has 5 rings (SSSR count). The number of hydrogen-bond donors (Lipinski definition) is 0. The number of pyridine rings is 1. The lowest BCUT2D eigenvalue weighted by Crippen LogP contribution is -2.20. The average molecular weight is 418 g/mol. The lowest BCUT2D eigenvalue weighted by Gasteiger charge is -2.25. The Morgan fingerprint density at radius 2 is 1.22 bits per heavy atom. The van der Waals surface area contributed by atoms with E-state index in [1.54, 1.807) is 0 Å². The maximum absolute atomic E-state index is 4.93. The Morgan fingerprint density at radius 1 is 0.656 bits per heavy atom. The van der Waals surface area contributed by atoms with E-state index >= 15 is 0 Å². The molecule has 1 nitrogen and oxygen atoms in total. The highest BCUT2D eigenvalue weighted by atomic mass is 14.7. The molecule has 3 aromatic carbocycles. The molecular weight excluding hydrogens is 386 g/mol. The molecular formula is C31H31N. The highest BCUT2D eigenvalue weighted by Crippen LogP contribution is 2.51. The first-order chi connectivity index (χ1) is 15.4. The molecule has 1 atom stereocenters. The van der Waals surface area contributed by atoms with E-state index in [-0.39, 0.29) is 10.8 Å². The second-order valence-electron chi connectivity index (χ2n) is 10.1. The van der Waals surface area contributed by atoms with Gasteiger partial charge in [0.25, 0.3) is 0 Å². The van der Waals surface area contributed by atoms with Crippen LogP contribution in [-0.4, -0.2) is 4.98 Å². The Labute approximate surface area is 192 Å². The van der Waals surface area contributed by atoms with Gasteiger partial charge in [-0.3, -0.25) is 4.98 Å². The van der Waals surface area contributed by atoms with E-state index in [2.05, 4.69) is 119 Å². The highest BCUT2D eigenvalue weighted by Gasteiger charge is 2.44. The van der Waals surface area contributed by atoms with Crippen molar-refractivity contribution < 1.29 is 0 Å². The summed E-state index contributed by atoms with van der Waals surface area (Å²) in [7, 11) is 0. The Morgan fingerprint density at radius 3 is 1.88 bits per heavy atom. The van der Waals surface area contributed by atoms with Crippen molar-refractivity contribution in [3.63, 3.8) is 0 Å². The van der Waals surface area contributed by atoms with Crippen molar-refractivity contribution in [3.05, 3.63) is 102 Å². The normalized spacial score (nSPS) is 19.0. The van der Waals surface area contributed by atoms with Crippen LogP contribution in [-0.2, 0) is 10.8 Å². The van der Waals surface area contributed by atoms with Gasteiger partial charge in [-0.25, -0.2) is 0 Å². The van der Waals surface area contributed by atoms with Crippen molar-refractivity contribution in [1.29, 1.82) is 0 Å². The molecule has 0 bridgehead atoms. The van der Waals surface area contributed by atoms with Gasteiger partial charge < -0.3 is 0 Å². The summed E-state index contributed by atoms with van der Waals surface area (Å²) < 4.78 is 0. The third-order valence-electron chi connectivity index (χ3n) is 7.36. The maximum atomic E-state index is 4.93. The summed E-state index contributed by atoms with van der Waals surface area (Å²) in [5.41, 5.74) is 10.5. The van der Waals surface area contributed by atoms with Gasteiger partial charge in [-0.05, 0) is 75.3 Å². The summed E-state index contributed by atoms with van der Waals surface area (Å²) in [6.45, 7) is 9.44. The average Bonchev–Trinajstić information content (AvgIpc) is 3.05. The maximum Gasteiger partial charge on any atom is 0.0705 e. The molecule has 1 heterocycles. The predicted molar refractivity (Wildman–Crippen MR) is 136 cm³/mol. The molecule has 1 heteroatoms. The third-order valence-corrected chi connectivity index (χ3v) is 7.36. The Bertz CT molecular complexity index is 1270. The predicted octanol–water partition coefficient (Wildman–Crippen LogP) is 8.43. The third kappa shape index (κ3) is 3.56. The number of nitrogens with zero attached hydrogens (tertiary/aromatic N) is 1. The minimum Gasteiger partial charge on any atom is -0.256 e. The Hall–Kier alpha value is -3.19. The van der Waals surface area contributed by atoms with Crippen LogP contribution >= 0.6 is 0 Å². The molecule has 0 aliphatic heterocycles. The topological polar surface area (TPSA) is 12.9 Å². The number of benzene rings is 3. The molecule has 1 aromatic heterocycles. The molecule has 1 aliphatic rings. The monoisotopic (exact) mass is 417 g/mol. The lowest BCUT2D eigenvalue weighted by molar-refractivity contribution is 0.366. The molecule has 32 heavy (non-hydrogen) atoms. The van der Waals surface area contributed by atoms with E-state index in [0.717, 1.165) is 12.1 Å². The van der Waals surface area contributed by atoms with E-state index < -0.39 is 0 Å². The van der Waals surface area contributed by atoms with E-state index in [4.69, 9.17) is 4.98 Å². The van der Waals surface area contributed by atoms with Crippen LogP contribution in [0.3, 0.4) is 0 Å². The fourth-order valence-corrected chi connectivity index (χ4v) is 5.50. The van der Waals surface area contributed by atoms with Gasteiger partial charge in [-0.1, -0.05) is 94.4 Å². The summed E-state index contributed by atoms with van der Waals surface area (Å²) >= 11 is 0. The molecule has 0 saturated carbocycles. The van der Waals surface area contributed by atoms with Gasteiger partial charge in [0.1, 0.15) is 0 Å². The molecule has 1 unspecified atom stereocenters. The van der Waals surface area contributed by atoms with Crippen LogP contribution in [0.15, 0.2) is 91.1 Å². The molecule has 0 N–H and O–H groups in total. The smallest absolute Gasteiger partial charge is 0.0705 e. The number of hydrogen-bond acceptors (Lipinski definition) is 1. The summed E-state index contributed by atoms with van der Waals surface area (Å²) in [6, 6.07) is 30.5. The van der Waals surface area contributed by atoms with Crippen LogP contribution in [0.2, 0.25) is 0 Å². The summed E-state index contributed by atoms with van der Waals surface area (Å²) in [5, 5.41) is 0. The first-order valence-corrected chi connectivity index (χ1v) is 11.7. The number of aromatic nitrogens is 1. The first-order valence-electron chi connectivity index (χ1n) is 11.7. The van der Waals surface area contributed by atoms with Crippen LogP contribution in [0.4, 0.5) is 0 Å².